The van der Waals surface area contributed by atoms with E-state index in [2.05, 4.69) is 42.7 Å². The number of aryl methyl sites for hydroxylation is 1. The van der Waals surface area contributed by atoms with Gasteiger partial charge in [0.15, 0.2) is 0 Å². The van der Waals surface area contributed by atoms with E-state index in [0.717, 1.165) is 50.4 Å². The van der Waals surface area contributed by atoms with Gasteiger partial charge in [-0.25, -0.2) is 0 Å². The van der Waals surface area contributed by atoms with Crippen LogP contribution < -0.4 is 20.9 Å². The molecule has 2 heterocycles. The van der Waals surface area contributed by atoms with Gasteiger partial charge in [-0.15, -0.1) is 12.4 Å². The average Bonchev–Trinajstić information content (AvgIpc) is 2.69. The lowest BCUT2D eigenvalue weighted by Crippen LogP contribution is -2.44. The van der Waals surface area contributed by atoms with E-state index in [1.54, 1.807) is 0 Å². The molecule has 1 saturated heterocycles. The summed E-state index contributed by atoms with van der Waals surface area (Å²) in [4.78, 5) is 16.0. The van der Waals surface area contributed by atoms with Crippen LogP contribution in [0.15, 0.2) is 18.2 Å². The maximum atomic E-state index is 6.14. The third kappa shape index (κ3) is 6.36. The monoisotopic (exact) mass is 425 g/mol. The molecule has 1 aromatic heterocycles. The fraction of sp³-hybridized carbons (Fsp3) is 0.526. The summed E-state index contributed by atoms with van der Waals surface area (Å²) in [6.07, 6.45) is 3.47. The first-order valence-corrected chi connectivity index (χ1v) is 10.0. The normalized spacial score (nSPS) is 13.8. The fourth-order valence-corrected chi connectivity index (χ4v) is 3.10. The minimum atomic E-state index is 0. The first-order valence-electron chi connectivity index (χ1n) is 9.64. The molecule has 154 valence electrons. The minimum absolute atomic E-state index is 0. The van der Waals surface area contributed by atoms with Crippen molar-refractivity contribution in [1.82, 2.24) is 20.3 Å². The van der Waals surface area contributed by atoms with Gasteiger partial charge in [0.2, 0.25) is 17.8 Å². The van der Waals surface area contributed by atoms with Crippen molar-refractivity contribution in [1.29, 1.82) is 0 Å². The van der Waals surface area contributed by atoms with E-state index in [1.807, 2.05) is 25.1 Å². The number of piperazine rings is 1. The van der Waals surface area contributed by atoms with Gasteiger partial charge < -0.3 is 20.9 Å². The van der Waals surface area contributed by atoms with Crippen LogP contribution in [0.4, 0.5) is 23.5 Å². The molecule has 3 N–H and O–H groups in total. The molecule has 1 aliphatic rings. The van der Waals surface area contributed by atoms with E-state index < -0.39 is 0 Å². The van der Waals surface area contributed by atoms with Gasteiger partial charge in [-0.1, -0.05) is 37.4 Å². The molecule has 0 radical (unpaired) electrons. The average molecular weight is 426 g/mol. The molecule has 0 bridgehead atoms. The van der Waals surface area contributed by atoms with E-state index >= 15 is 0 Å². The molecular formula is C19H29Cl2N7. The third-order valence-corrected chi connectivity index (χ3v) is 4.77. The van der Waals surface area contributed by atoms with Crippen LogP contribution >= 0.6 is 24.0 Å². The number of benzene rings is 1. The Morgan fingerprint density at radius 1 is 1.11 bits per heavy atom. The van der Waals surface area contributed by atoms with E-state index in [0.29, 0.717) is 22.9 Å². The first kappa shape index (κ1) is 22.5. The Morgan fingerprint density at radius 2 is 1.86 bits per heavy atom. The predicted molar refractivity (Wildman–Crippen MR) is 120 cm³/mol. The summed E-state index contributed by atoms with van der Waals surface area (Å²) < 4.78 is 0. The van der Waals surface area contributed by atoms with Crippen molar-refractivity contribution in [2.75, 3.05) is 48.3 Å². The van der Waals surface area contributed by atoms with Gasteiger partial charge in [0, 0.05) is 43.4 Å². The number of hydrogen-bond donors (Lipinski definition) is 3. The number of hydrogen-bond acceptors (Lipinski definition) is 7. The van der Waals surface area contributed by atoms with Gasteiger partial charge in [-0.3, -0.25) is 0 Å². The molecule has 1 fully saturated rings. The molecule has 0 aliphatic carbocycles. The maximum absolute atomic E-state index is 6.14. The topological polar surface area (TPSA) is 78.0 Å². The number of unbranched alkanes of at least 4 members (excludes halogenated alkanes) is 2. The summed E-state index contributed by atoms with van der Waals surface area (Å²) in [6, 6.07) is 5.74. The highest BCUT2D eigenvalue weighted by molar-refractivity contribution is 6.30. The Kier molecular flexibility index (Phi) is 9.02. The Morgan fingerprint density at radius 3 is 2.61 bits per heavy atom. The van der Waals surface area contributed by atoms with E-state index in [9.17, 15) is 0 Å². The second kappa shape index (κ2) is 11.2. The van der Waals surface area contributed by atoms with Crippen molar-refractivity contribution < 1.29 is 0 Å². The van der Waals surface area contributed by atoms with Crippen LogP contribution in [0.5, 0.6) is 0 Å². The van der Waals surface area contributed by atoms with Crippen molar-refractivity contribution in [3.63, 3.8) is 0 Å². The van der Waals surface area contributed by atoms with Crippen LogP contribution in [0, 0.1) is 6.92 Å². The summed E-state index contributed by atoms with van der Waals surface area (Å²) in [5.41, 5.74) is 1.98. The van der Waals surface area contributed by atoms with E-state index in [1.165, 1.54) is 12.8 Å². The van der Waals surface area contributed by atoms with Crippen LogP contribution in [0.2, 0.25) is 5.02 Å². The second-order valence-electron chi connectivity index (χ2n) is 6.74. The van der Waals surface area contributed by atoms with Crippen LogP contribution in [0.3, 0.4) is 0 Å². The molecule has 2 aromatic rings. The molecule has 0 amide bonds. The molecule has 3 rings (SSSR count). The minimum Gasteiger partial charge on any atom is -0.354 e. The Labute approximate surface area is 178 Å². The maximum Gasteiger partial charge on any atom is 0.233 e. The first-order chi connectivity index (χ1) is 13.2. The van der Waals surface area contributed by atoms with Gasteiger partial charge in [0.1, 0.15) is 0 Å². The van der Waals surface area contributed by atoms with Crippen LogP contribution in [0.1, 0.15) is 31.7 Å². The Balaban J connectivity index is 0.00000280. The zero-order chi connectivity index (χ0) is 19.1. The highest BCUT2D eigenvalue weighted by atomic mass is 35.5. The molecule has 0 atom stereocenters. The van der Waals surface area contributed by atoms with Crippen LogP contribution in [-0.4, -0.2) is 47.7 Å². The SMILES string of the molecule is CCCCCNc1nc(Nc2cc(Cl)ccc2C)nc(N2CCNCC2)n1.Cl. The third-order valence-electron chi connectivity index (χ3n) is 4.53. The molecule has 0 spiro atoms. The standard InChI is InChI=1S/C19H28ClN7.ClH/c1-3-4-5-8-22-17-24-18(23-16-13-15(20)7-6-14(16)2)26-19(25-17)27-11-9-21-10-12-27;/h6-7,13,21H,3-5,8-12H2,1-2H3,(H2,22,23,24,25,26);1H. The summed E-state index contributed by atoms with van der Waals surface area (Å²) in [5, 5.41) is 10.7. The summed E-state index contributed by atoms with van der Waals surface area (Å²) in [7, 11) is 0. The van der Waals surface area contributed by atoms with Gasteiger partial charge in [0.25, 0.3) is 0 Å². The highest BCUT2D eigenvalue weighted by Crippen LogP contribution is 2.24. The molecule has 28 heavy (non-hydrogen) atoms. The Hall–Kier alpha value is -1.83. The number of rotatable bonds is 8. The molecule has 1 aliphatic heterocycles. The Bertz CT molecular complexity index is 751. The lowest BCUT2D eigenvalue weighted by molar-refractivity contribution is 0.579. The zero-order valence-electron chi connectivity index (χ0n) is 16.5. The fourth-order valence-electron chi connectivity index (χ4n) is 2.93. The van der Waals surface area contributed by atoms with Crippen molar-refractivity contribution in [2.24, 2.45) is 0 Å². The molecule has 9 heteroatoms. The molecule has 1 aromatic carbocycles. The number of nitrogens with one attached hydrogen (secondary N) is 3. The van der Waals surface area contributed by atoms with Crippen molar-refractivity contribution in [3.05, 3.63) is 28.8 Å². The number of halogens is 2. The molecular weight excluding hydrogens is 397 g/mol. The second-order valence-corrected chi connectivity index (χ2v) is 7.17. The van der Waals surface area contributed by atoms with Gasteiger partial charge in [0.05, 0.1) is 0 Å². The summed E-state index contributed by atoms with van der Waals surface area (Å²) in [6.45, 7) is 8.71. The molecule has 7 nitrogen and oxygen atoms in total. The summed E-state index contributed by atoms with van der Waals surface area (Å²) in [5.74, 6) is 1.84. The van der Waals surface area contributed by atoms with Crippen LogP contribution in [-0.2, 0) is 0 Å². The van der Waals surface area contributed by atoms with Crippen molar-refractivity contribution in [3.8, 4) is 0 Å². The predicted octanol–water partition coefficient (Wildman–Crippen LogP) is 4.01. The quantitative estimate of drug-likeness (QED) is 0.551. The van der Waals surface area contributed by atoms with Gasteiger partial charge >= 0.3 is 0 Å². The number of aromatic nitrogens is 3. The number of anilines is 4. The van der Waals surface area contributed by atoms with Crippen LogP contribution in [0.25, 0.3) is 0 Å². The van der Waals surface area contributed by atoms with E-state index in [-0.39, 0.29) is 12.4 Å². The molecule has 0 unspecified atom stereocenters. The zero-order valence-corrected chi connectivity index (χ0v) is 18.0. The molecule has 0 saturated carbocycles. The largest absolute Gasteiger partial charge is 0.354 e. The van der Waals surface area contributed by atoms with Gasteiger partial charge in [-0.2, -0.15) is 15.0 Å². The van der Waals surface area contributed by atoms with Crippen molar-refractivity contribution in [2.45, 2.75) is 33.1 Å². The lowest BCUT2D eigenvalue weighted by Gasteiger charge is -2.27. The summed E-state index contributed by atoms with van der Waals surface area (Å²) >= 11 is 6.14. The van der Waals surface area contributed by atoms with Gasteiger partial charge in [-0.05, 0) is 31.0 Å². The highest BCUT2D eigenvalue weighted by Gasteiger charge is 2.16. The number of nitrogens with zero attached hydrogens (tertiary/aromatic N) is 4. The van der Waals surface area contributed by atoms with Crippen molar-refractivity contribution >= 4 is 47.5 Å². The lowest BCUT2D eigenvalue weighted by atomic mass is 10.2. The van der Waals surface area contributed by atoms with E-state index in [4.69, 9.17) is 11.6 Å². The smallest absolute Gasteiger partial charge is 0.233 e.